The highest BCUT2D eigenvalue weighted by molar-refractivity contribution is 7.92. The van der Waals surface area contributed by atoms with Gasteiger partial charge in [0.05, 0.1) is 10.6 Å². The van der Waals surface area contributed by atoms with Gasteiger partial charge < -0.3 is 0 Å². The van der Waals surface area contributed by atoms with Crippen molar-refractivity contribution in [1.82, 2.24) is 0 Å². The molecule has 112 valence electrons. The third-order valence-electron chi connectivity index (χ3n) is 3.55. The zero-order valence-corrected chi connectivity index (χ0v) is 13.5. The van der Waals surface area contributed by atoms with E-state index in [0.717, 1.165) is 10.8 Å². The lowest BCUT2D eigenvalue weighted by molar-refractivity contribution is 0.594. The van der Waals surface area contributed by atoms with E-state index >= 15 is 0 Å². The molecule has 3 rings (SSSR count). The largest absolute Gasteiger partial charge is 0.269 e. The van der Waals surface area contributed by atoms with Crippen LogP contribution in [-0.4, -0.2) is 15.5 Å². The van der Waals surface area contributed by atoms with Gasteiger partial charge in [0.1, 0.15) is 0 Å². The normalized spacial score (nSPS) is 11.5. The van der Waals surface area contributed by atoms with Crippen LogP contribution in [0.5, 0.6) is 0 Å². The number of rotatable bonds is 3. The van der Waals surface area contributed by atoms with Crippen LogP contribution >= 0.6 is 11.6 Å². The van der Waals surface area contributed by atoms with Crippen LogP contribution in [0, 0.1) is 0 Å². The number of sulfonamides is 1. The molecule has 0 spiro atoms. The molecule has 0 radical (unpaired) electrons. The van der Waals surface area contributed by atoms with Crippen molar-refractivity contribution in [2.75, 3.05) is 11.4 Å². The highest BCUT2D eigenvalue weighted by atomic mass is 35.5. The second kappa shape index (κ2) is 5.63. The van der Waals surface area contributed by atoms with E-state index in [1.165, 1.54) is 11.4 Å². The van der Waals surface area contributed by atoms with Gasteiger partial charge in [0.2, 0.25) is 0 Å². The van der Waals surface area contributed by atoms with E-state index in [0.29, 0.717) is 10.7 Å². The second-order valence-electron chi connectivity index (χ2n) is 4.96. The minimum atomic E-state index is -3.63. The molecule has 0 amide bonds. The number of benzene rings is 3. The Bertz CT molecular complexity index is 938. The summed E-state index contributed by atoms with van der Waals surface area (Å²) >= 11 is 5.94. The van der Waals surface area contributed by atoms with Gasteiger partial charge >= 0.3 is 0 Å². The van der Waals surface area contributed by atoms with Gasteiger partial charge in [-0.25, -0.2) is 8.42 Å². The summed E-state index contributed by atoms with van der Waals surface area (Å²) in [6, 6.07) is 19.6. The van der Waals surface area contributed by atoms with Crippen molar-refractivity contribution in [2.24, 2.45) is 0 Å². The lowest BCUT2D eigenvalue weighted by atomic mass is 10.1. The molecule has 5 heteroatoms. The molecule has 0 heterocycles. The molecule has 0 fully saturated rings. The van der Waals surface area contributed by atoms with Crippen molar-refractivity contribution >= 4 is 38.1 Å². The van der Waals surface area contributed by atoms with Gasteiger partial charge in [0.15, 0.2) is 0 Å². The van der Waals surface area contributed by atoms with E-state index in [4.69, 9.17) is 11.6 Å². The van der Waals surface area contributed by atoms with Crippen LogP contribution in [-0.2, 0) is 10.0 Å². The molecule has 0 saturated carbocycles. The Hall–Kier alpha value is -2.04. The lowest BCUT2D eigenvalue weighted by Crippen LogP contribution is -2.26. The summed E-state index contributed by atoms with van der Waals surface area (Å²) in [4.78, 5) is 0.258. The monoisotopic (exact) mass is 331 g/mol. The van der Waals surface area contributed by atoms with Crippen molar-refractivity contribution in [2.45, 2.75) is 4.90 Å². The van der Waals surface area contributed by atoms with Gasteiger partial charge in [-0.1, -0.05) is 48.0 Å². The average molecular weight is 332 g/mol. The quantitative estimate of drug-likeness (QED) is 0.716. The van der Waals surface area contributed by atoms with E-state index in [1.807, 2.05) is 30.3 Å². The molecule has 3 nitrogen and oxygen atoms in total. The van der Waals surface area contributed by atoms with Crippen LogP contribution in [0.2, 0.25) is 5.02 Å². The van der Waals surface area contributed by atoms with Crippen LogP contribution in [0.4, 0.5) is 5.69 Å². The molecule has 22 heavy (non-hydrogen) atoms. The molecule has 0 aromatic heterocycles. The molecule has 0 saturated heterocycles. The summed E-state index contributed by atoms with van der Waals surface area (Å²) in [5.74, 6) is 0. The Morgan fingerprint density at radius 2 is 1.59 bits per heavy atom. The molecule has 0 aliphatic heterocycles. The maximum Gasteiger partial charge on any atom is 0.264 e. The predicted molar refractivity (Wildman–Crippen MR) is 91.0 cm³/mol. The molecule has 3 aromatic rings. The summed E-state index contributed by atoms with van der Waals surface area (Å²) < 4.78 is 26.8. The van der Waals surface area contributed by atoms with Crippen LogP contribution < -0.4 is 4.31 Å². The van der Waals surface area contributed by atoms with Gasteiger partial charge in [-0.15, -0.1) is 0 Å². The second-order valence-corrected chi connectivity index (χ2v) is 7.37. The van der Waals surface area contributed by atoms with Crippen LogP contribution in [0.25, 0.3) is 10.8 Å². The number of halogens is 1. The number of fused-ring (bicyclic) bond motifs is 1. The van der Waals surface area contributed by atoms with Crippen LogP contribution in [0.1, 0.15) is 0 Å². The summed E-state index contributed by atoms with van der Waals surface area (Å²) in [7, 11) is -2.10. The highest BCUT2D eigenvalue weighted by Crippen LogP contribution is 2.26. The fourth-order valence-electron chi connectivity index (χ4n) is 2.30. The summed E-state index contributed by atoms with van der Waals surface area (Å²) in [5, 5.41) is 2.40. The zero-order chi connectivity index (χ0) is 15.7. The van der Waals surface area contributed by atoms with E-state index < -0.39 is 10.0 Å². The van der Waals surface area contributed by atoms with Gasteiger partial charge in [-0.3, -0.25) is 4.31 Å². The summed E-state index contributed by atoms with van der Waals surface area (Å²) in [5.41, 5.74) is 0.528. The minimum Gasteiger partial charge on any atom is -0.269 e. The molecule has 3 aromatic carbocycles. The molecule has 0 aliphatic rings. The topological polar surface area (TPSA) is 37.4 Å². The minimum absolute atomic E-state index is 0.258. The first-order valence-electron chi connectivity index (χ1n) is 6.72. The van der Waals surface area contributed by atoms with Gasteiger partial charge in [-0.05, 0) is 41.1 Å². The standard InChI is InChI=1S/C17H14ClNO2S/c1-19(16-8-4-7-15(18)12-16)22(20,21)17-10-9-13-5-2-3-6-14(13)11-17/h2-12H,1H3. The van der Waals surface area contributed by atoms with Gasteiger partial charge in [-0.2, -0.15) is 0 Å². The number of nitrogens with zero attached hydrogens (tertiary/aromatic N) is 1. The van der Waals surface area contributed by atoms with Crippen molar-refractivity contribution in [3.63, 3.8) is 0 Å². The SMILES string of the molecule is CN(c1cccc(Cl)c1)S(=O)(=O)c1ccc2ccccc2c1. The maximum atomic E-state index is 12.8. The van der Waals surface area contributed by atoms with E-state index in [9.17, 15) is 8.42 Å². The summed E-state index contributed by atoms with van der Waals surface area (Å²) in [6.45, 7) is 0. The van der Waals surface area contributed by atoms with E-state index in [1.54, 1.807) is 36.4 Å². The van der Waals surface area contributed by atoms with Crippen molar-refractivity contribution < 1.29 is 8.42 Å². The smallest absolute Gasteiger partial charge is 0.264 e. The van der Waals surface area contributed by atoms with Crippen molar-refractivity contribution in [3.05, 3.63) is 71.8 Å². The number of hydrogen-bond acceptors (Lipinski definition) is 2. The first-order chi connectivity index (χ1) is 10.5. The number of hydrogen-bond donors (Lipinski definition) is 0. The molecule has 0 aliphatic carbocycles. The first-order valence-corrected chi connectivity index (χ1v) is 8.53. The third kappa shape index (κ3) is 2.67. The Morgan fingerprint density at radius 1 is 0.864 bits per heavy atom. The molecule has 0 unspecified atom stereocenters. The fourth-order valence-corrected chi connectivity index (χ4v) is 3.70. The molecule has 0 bridgehead atoms. The lowest BCUT2D eigenvalue weighted by Gasteiger charge is -2.20. The fraction of sp³-hybridized carbons (Fsp3) is 0.0588. The van der Waals surface area contributed by atoms with Gasteiger partial charge in [0.25, 0.3) is 10.0 Å². The zero-order valence-electron chi connectivity index (χ0n) is 11.9. The molecule has 0 N–H and O–H groups in total. The Kier molecular flexibility index (Phi) is 3.81. The molecular weight excluding hydrogens is 318 g/mol. The molecule has 0 atom stereocenters. The average Bonchev–Trinajstić information content (AvgIpc) is 2.53. The maximum absolute atomic E-state index is 12.8. The van der Waals surface area contributed by atoms with Crippen LogP contribution in [0.15, 0.2) is 71.6 Å². The van der Waals surface area contributed by atoms with Crippen LogP contribution in [0.3, 0.4) is 0 Å². The Balaban J connectivity index is 2.07. The predicted octanol–water partition coefficient (Wildman–Crippen LogP) is 4.32. The Morgan fingerprint density at radius 3 is 2.32 bits per heavy atom. The van der Waals surface area contributed by atoms with Gasteiger partial charge in [0, 0.05) is 12.1 Å². The Labute approximate surface area is 134 Å². The van der Waals surface area contributed by atoms with E-state index in [2.05, 4.69) is 0 Å². The van der Waals surface area contributed by atoms with Crippen molar-refractivity contribution in [1.29, 1.82) is 0 Å². The highest BCUT2D eigenvalue weighted by Gasteiger charge is 2.21. The van der Waals surface area contributed by atoms with E-state index in [-0.39, 0.29) is 4.90 Å². The third-order valence-corrected chi connectivity index (χ3v) is 5.57. The first kappa shape index (κ1) is 14.9. The summed E-state index contributed by atoms with van der Waals surface area (Å²) in [6.07, 6.45) is 0. The number of anilines is 1. The molecular formula is C17H14ClNO2S. The van der Waals surface area contributed by atoms with Crippen molar-refractivity contribution in [3.8, 4) is 0 Å².